The van der Waals surface area contributed by atoms with Crippen molar-refractivity contribution in [2.45, 2.75) is 71.5 Å². The lowest BCUT2D eigenvalue weighted by Gasteiger charge is -2.32. The van der Waals surface area contributed by atoms with Crippen LogP contribution in [0, 0.1) is 11.8 Å². The Hall–Kier alpha value is -3.46. The molecule has 1 aliphatic rings. The zero-order valence-electron chi connectivity index (χ0n) is 24.4. The number of amides is 2. The molecule has 0 bridgehead atoms. The minimum atomic E-state index is -1.16. The molecule has 0 spiro atoms. The molecule has 2 amide bonds. The Balaban J connectivity index is 1.63. The van der Waals surface area contributed by atoms with Crippen molar-refractivity contribution in [2.24, 2.45) is 11.8 Å². The van der Waals surface area contributed by atoms with E-state index in [1.165, 1.54) is 7.11 Å². The molecule has 3 rings (SSSR count). The third kappa shape index (κ3) is 7.38. The first-order valence-electron chi connectivity index (χ1n) is 13.7. The molecule has 2 atom stereocenters. The quantitative estimate of drug-likeness (QED) is 0.261. The normalized spacial score (nSPS) is 14.1. The molecular formula is C31H41N3O5S. The van der Waals surface area contributed by atoms with Crippen LogP contribution in [0.2, 0.25) is 0 Å². The van der Waals surface area contributed by atoms with Gasteiger partial charge in [0.25, 0.3) is 0 Å². The minimum absolute atomic E-state index is 0.0584. The summed E-state index contributed by atoms with van der Waals surface area (Å²) in [6, 6.07) is 14.9. The number of hydrogen-bond donors (Lipinski definition) is 3. The van der Waals surface area contributed by atoms with Crippen LogP contribution < -0.4 is 16.0 Å². The minimum Gasteiger partial charge on any atom is -0.467 e. The van der Waals surface area contributed by atoms with E-state index in [9.17, 15) is 14.4 Å². The molecule has 0 aromatic heterocycles. The number of carbonyl (C=O) groups excluding carboxylic acids is 3. The molecule has 8 nitrogen and oxygen atoms in total. The maximum Gasteiger partial charge on any atom is 0.407 e. The Morgan fingerprint density at radius 2 is 1.48 bits per heavy atom. The van der Waals surface area contributed by atoms with Crippen LogP contribution in [0.3, 0.4) is 0 Å². The Morgan fingerprint density at radius 1 is 0.925 bits per heavy atom. The zero-order chi connectivity index (χ0) is 29.6. The van der Waals surface area contributed by atoms with Gasteiger partial charge in [0.05, 0.1) is 18.1 Å². The van der Waals surface area contributed by atoms with Gasteiger partial charge in [-0.2, -0.15) is 0 Å². The molecular weight excluding hydrogens is 526 g/mol. The highest BCUT2D eigenvalue weighted by Crippen LogP contribution is 2.44. The first kappa shape index (κ1) is 31.1. The van der Waals surface area contributed by atoms with E-state index in [1.807, 2.05) is 52.0 Å². The fourth-order valence-electron chi connectivity index (χ4n) is 4.91. The average molecular weight is 568 g/mol. The zero-order valence-corrected chi connectivity index (χ0v) is 25.2. The Bertz CT molecular complexity index is 1200. The van der Waals surface area contributed by atoms with Crippen LogP contribution in [0.5, 0.6) is 0 Å². The highest BCUT2D eigenvalue weighted by molar-refractivity contribution is 7.80. The summed E-state index contributed by atoms with van der Waals surface area (Å²) in [4.78, 5) is 38.6. The van der Waals surface area contributed by atoms with Crippen molar-refractivity contribution in [3.8, 4) is 11.1 Å². The lowest BCUT2D eigenvalue weighted by molar-refractivity contribution is -0.146. The maximum absolute atomic E-state index is 13.1. The van der Waals surface area contributed by atoms with Gasteiger partial charge in [-0.05, 0) is 54.4 Å². The molecule has 0 aliphatic heterocycles. The molecule has 9 heteroatoms. The number of fused-ring (bicyclic) bond motifs is 3. The van der Waals surface area contributed by atoms with Gasteiger partial charge in [-0.3, -0.25) is 4.79 Å². The molecule has 2 aromatic carbocycles. The van der Waals surface area contributed by atoms with Gasteiger partial charge in [0, 0.05) is 5.92 Å². The van der Waals surface area contributed by atoms with Gasteiger partial charge in [-0.15, -0.1) is 0 Å². The van der Waals surface area contributed by atoms with Crippen molar-refractivity contribution >= 4 is 35.2 Å². The van der Waals surface area contributed by atoms with Crippen molar-refractivity contribution < 1.29 is 23.9 Å². The van der Waals surface area contributed by atoms with E-state index in [0.29, 0.717) is 11.4 Å². The van der Waals surface area contributed by atoms with Gasteiger partial charge < -0.3 is 25.4 Å². The molecule has 0 saturated heterocycles. The van der Waals surface area contributed by atoms with E-state index in [2.05, 4.69) is 40.2 Å². The number of hydrogen-bond acceptors (Lipinski definition) is 6. The van der Waals surface area contributed by atoms with Crippen molar-refractivity contribution in [3.05, 3.63) is 59.7 Å². The average Bonchev–Trinajstić information content (AvgIpc) is 3.22. The van der Waals surface area contributed by atoms with E-state index in [-0.39, 0.29) is 24.4 Å². The summed E-state index contributed by atoms with van der Waals surface area (Å²) in [6.45, 7) is 11.3. The standard InChI is InChI=1S/C31H41N3O5S/c1-18(2)16-25(28(35)38-7)32-29(36)31(5,6)34-27(40)26(19(3)4)33-30(37)39-17-24-22-14-10-8-12-20(22)21-13-9-11-15-23(21)24/h8-15,18-19,24-26H,16-17H2,1-7H3,(H,32,36)(H,33,37)(H,34,40)/t25-,26-/m0/s1. The second-order valence-corrected chi connectivity index (χ2v) is 11.9. The smallest absolute Gasteiger partial charge is 0.407 e. The maximum atomic E-state index is 13.1. The number of esters is 1. The lowest BCUT2D eigenvalue weighted by Crippen LogP contribution is -2.61. The van der Waals surface area contributed by atoms with E-state index in [1.54, 1.807) is 13.8 Å². The second kappa shape index (κ2) is 13.3. The number of carbonyl (C=O) groups is 3. The summed E-state index contributed by atoms with van der Waals surface area (Å²) in [7, 11) is 1.29. The number of alkyl carbamates (subject to hydrolysis) is 1. The van der Waals surface area contributed by atoms with Gasteiger partial charge in [-0.25, -0.2) is 9.59 Å². The molecule has 3 N–H and O–H groups in total. The Morgan fingerprint density at radius 3 is 1.98 bits per heavy atom. The number of rotatable bonds is 11. The molecule has 0 fully saturated rings. The fourth-order valence-corrected chi connectivity index (χ4v) is 5.50. The van der Waals surface area contributed by atoms with Gasteiger partial charge in [0.1, 0.15) is 18.2 Å². The third-order valence-electron chi connectivity index (χ3n) is 7.07. The number of ether oxygens (including phenoxy) is 2. The highest BCUT2D eigenvalue weighted by atomic mass is 32.1. The first-order valence-corrected chi connectivity index (χ1v) is 14.1. The largest absolute Gasteiger partial charge is 0.467 e. The Labute approximate surface area is 242 Å². The van der Waals surface area contributed by atoms with E-state index >= 15 is 0 Å². The van der Waals surface area contributed by atoms with Gasteiger partial charge in [-0.1, -0.05) is 88.4 Å². The van der Waals surface area contributed by atoms with Crippen molar-refractivity contribution in [3.63, 3.8) is 0 Å². The van der Waals surface area contributed by atoms with Crippen LogP contribution in [0.25, 0.3) is 11.1 Å². The topological polar surface area (TPSA) is 106 Å². The number of thiocarbonyl (C=S) groups is 1. The van der Waals surface area contributed by atoms with E-state index < -0.39 is 35.6 Å². The number of nitrogens with one attached hydrogen (secondary N) is 3. The summed E-state index contributed by atoms with van der Waals surface area (Å²) >= 11 is 5.64. The number of benzene rings is 2. The predicted octanol–water partition coefficient (Wildman–Crippen LogP) is 4.95. The summed E-state index contributed by atoms with van der Waals surface area (Å²) < 4.78 is 10.6. The van der Waals surface area contributed by atoms with Gasteiger partial charge in [0.15, 0.2) is 0 Å². The molecule has 1 aliphatic carbocycles. The highest BCUT2D eigenvalue weighted by Gasteiger charge is 2.35. The molecule has 0 radical (unpaired) electrons. The molecule has 40 heavy (non-hydrogen) atoms. The SMILES string of the molecule is COC(=O)[C@H](CC(C)C)NC(=O)C(C)(C)NC(=S)[C@@H](NC(=O)OCC1c2ccccc2-c2ccccc21)C(C)C. The summed E-state index contributed by atoms with van der Waals surface area (Å²) in [6.07, 6.45) is -0.147. The van der Waals surface area contributed by atoms with Crippen LogP contribution in [0.4, 0.5) is 4.79 Å². The molecule has 0 saturated carbocycles. The number of methoxy groups -OCH3 is 1. The predicted molar refractivity (Wildman–Crippen MR) is 160 cm³/mol. The third-order valence-corrected chi connectivity index (χ3v) is 7.42. The van der Waals surface area contributed by atoms with Crippen molar-refractivity contribution in [1.82, 2.24) is 16.0 Å². The van der Waals surface area contributed by atoms with Gasteiger partial charge >= 0.3 is 12.1 Å². The lowest BCUT2D eigenvalue weighted by atomic mass is 9.98. The van der Waals surface area contributed by atoms with Gasteiger partial charge in [0.2, 0.25) is 5.91 Å². The summed E-state index contributed by atoms with van der Waals surface area (Å²) in [5.74, 6) is -0.875. The summed E-state index contributed by atoms with van der Waals surface area (Å²) in [5.41, 5.74) is 3.41. The molecule has 216 valence electrons. The van der Waals surface area contributed by atoms with E-state index in [4.69, 9.17) is 21.7 Å². The van der Waals surface area contributed by atoms with E-state index in [0.717, 1.165) is 22.3 Å². The van der Waals surface area contributed by atoms with Crippen molar-refractivity contribution in [1.29, 1.82) is 0 Å². The van der Waals surface area contributed by atoms with Crippen LogP contribution in [0.1, 0.15) is 65.0 Å². The molecule has 0 unspecified atom stereocenters. The second-order valence-electron chi connectivity index (χ2n) is 11.5. The Kier molecular flexibility index (Phi) is 10.3. The van der Waals surface area contributed by atoms with Crippen LogP contribution in [0.15, 0.2) is 48.5 Å². The first-order chi connectivity index (χ1) is 18.9. The van der Waals surface area contributed by atoms with Crippen LogP contribution in [-0.4, -0.2) is 54.3 Å². The summed E-state index contributed by atoms with van der Waals surface area (Å²) in [5, 5.41) is 8.73. The van der Waals surface area contributed by atoms with Crippen molar-refractivity contribution in [2.75, 3.05) is 13.7 Å². The molecule has 2 aromatic rings. The van der Waals surface area contributed by atoms with Crippen LogP contribution in [-0.2, 0) is 19.1 Å². The monoisotopic (exact) mass is 567 g/mol. The fraction of sp³-hybridized carbons (Fsp3) is 0.484. The molecule has 0 heterocycles. The van der Waals surface area contributed by atoms with Crippen LogP contribution >= 0.6 is 12.2 Å².